The number of carbonyl (C=O) groups excluding carboxylic acids is 1. The van der Waals surface area contributed by atoms with Gasteiger partial charge in [0.2, 0.25) is 0 Å². The standard InChI is InChI=1S/C24H27BrClFN2O4S/c25-21-9-6-19(22(26)14-21)15-29-12-10-17(11-13-29)16-33-24(27,20-7-8-20)34(31,32)28-23(30)18-4-2-1-3-5-18/h1-6,9,14,17,20H,7-8,10-13,15-16H2,(H,28,30). The lowest BCUT2D eigenvalue weighted by molar-refractivity contribution is -0.109. The van der Waals surface area contributed by atoms with Crippen molar-refractivity contribution in [1.82, 2.24) is 9.62 Å². The number of amides is 1. The molecule has 1 N–H and O–H groups in total. The molecule has 1 saturated heterocycles. The lowest BCUT2D eigenvalue weighted by Gasteiger charge is -2.34. The number of benzene rings is 2. The Hall–Kier alpha value is -1.52. The highest BCUT2D eigenvalue weighted by Crippen LogP contribution is 2.46. The Bertz CT molecular complexity index is 1130. The van der Waals surface area contributed by atoms with E-state index >= 15 is 4.39 Å². The molecule has 2 aliphatic rings. The van der Waals surface area contributed by atoms with Gasteiger partial charge in [0, 0.05) is 27.5 Å². The van der Waals surface area contributed by atoms with E-state index in [9.17, 15) is 13.2 Å². The largest absolute Gasteiger partial charge is 0.333 e. The van der Waals surface area contributed by atoms with Crippen molar-refractivity contribution >= 4 is 43.5 Å². The molecule has 1 heterocycles. The maximum absolute atomic E-state index is 15.8. The average Bonchev–Trinajstić information content (AvgIpc) is 3.66. The number of ether oxygens (including phenoxy) is 1. The predicted molar refractivity (Wildman–Crippen MR) is 132 cm³/mol. The predicted octanol–water partition coefficient (Wildman–Crippen LogP) is 5.12. The van der Waals surface area contributed by atoms with Crippen molar-refractivity contribution in [3.63, 3.8) is 0 Å². The number of piperidine rings is 1. The Labute approximate surface area is 213 Å². The fourth-order valence-electron chi connectivity index (χ4n) is 4.12. The molecule has 1 atom stereocenters. The molecule has 0 spiro atoms. The Morgan fingerprint density at radius 1 is 1.15 bits per heavy atom. The minimum atomic E-state index is -4.68. The van der Waals surface area contributed by atoms with Gasteiger partial charge in [0.1, 0.15) is 0 Å². The van der Waals surface area contributed by atoms with Crippen LogP contribution in [0.25, 0.3) is 0 Å². The minimum Gasteiger partial charge on any atom is -0.332 e. The molecule has 2 aromatic rings. The highest BCUT2D eigenvalue weighted by Gasteiger charge is 2.58. The van der Waals surface area contributed by atoms with Crippen LogP contribution in [-0.4, -0.2) is 44.1 Å². The third-order valence-electron chi connectivity index (χ3n) is 6.33. The number of hydrogen-bond donors (Lipinski definition) is 1. The lowest BCUT2D eigenvalue weighted by Crippen LogP contribution is -2.49. The third kappa shape index (κ3) is 5.99. The molecule has 0 aromatic heterocycles. The van der Waals surface area contributed by atoms with E-state index < -0.39 is 27.0 Å². The van der Waals surface area contributed by atoms with Crippen LogP contribution in [0.5, 0.6) is 0 Å². The fourth-order valence-corrected chi connectivity index (χ4v) is 6.25. The summed E-state index contributed by atoms with van der Waals surface area (Å²) < 4.78 is 49.7. The number of nitrogens with one attached hydrogen (secondary N) is 1. The summed E-state index contributed by atoms with van der Waals surface area (Å²) in [5.74, 6) is -1.61. The molecule has 1 amide bonds. The first-order valence-corrected chi connectivity index (χ1v) is 13.9. The molecule has 2 fully saturated rings. The van der Waals surface area contributed by atoms with Gasteiger partial charge in [-0.05, 0) is 74.5 Å². The van der Waals surface area contributed by atoms with Gasteiger partial charge in [-0.2, -0.15) is 4.39 Å². The van der Waals surface area contributed by atoms with Crippen molar-refractivity contribution in [1.29, 1.82) is 0 Å². The van der Waals surface area contributed by atoms with E-state index in [1.54, 1.807) is 18.2 Å². The molecule has 184 valence electrons. The molecule has 1 saturated carbocycles. The number of likely N-dealkylation sites (tertiary alicyclic amines) is 1. The lowest BCUT2D eigenvalue weighted by atomic mass is 9.97. The average molecular weight is 574 g/mol. The van der Waals surface area contributed by atoms with Crippen LogP contribution in [0.15, 0.2) is 53.0 Å². The van der Waals surface area contributed by atoms with Gasteiger partial charge in [-0.25, -0.2) is 13.1 Å². The fraction of sp³-hybridized carbons (Fsp3) is 0.458. The van der Waals surface area contributed by atoms with Crippen LogP contribution in [-0.2, 0) is 21.3 Å². The quantitative estimate of drug-likeness (QED) is 0.451. The van der Waals surface area contributed by atoms with Crippen LogP contribution < -0.4 is 4.72 Å². The van der Waals surface area contributed by atoms with E-state index in [0.717, 1.165) is 36.0 Å². The van der Waals surface area contributed by atoms with Crippen molar-refractivity contribution in [2.24, 2.45) is 11.8 Å². The minimum absolute atomic E-state index is 0.0136. The summed E-state index contributed by atoms with van der Waals surface area (Å²) in [6, 6.07) is 13.7. The van der Waals surface area contributed by atoms with Crippen molar-refractivity contribution in [3.8, 4) is 0 Å². The van der Waals surface area contributed by atoms with Gasteiger partial charge in [0.05, 0.1) is 6.61 Å². The summed E-state index contributed by atoms with van der Waals surface area (Å²) in [4.78, 5) is 14.6. The van der Waals surface area contributed by atoms with Crippen LogP contribution in [0, 0.1) is 11.8 Å². The zero-order valence-electron chi connectivity index (χ0n) is 18.6. The second kappa shape index (κ2) is 10.6. The Morgan fingerprint density at radius 2 is 1.82 bits per heavy atom. The maximum atomic E-state index is 15.8. The summed E-state index contributed by atoms with van der Waals surface area (Å²) in [6.45, 7) is 2.26. The zero-order valence-corrected chi connectivity index (χ0v) is 21.7. The van der Waals surface area contributed by atoms with Gasteiger partial charge in [0.15, 0.2) is 0 Å². The van der Waals surface area contributed by atoms with Gasteiger partial charge < -0.3 is 4.74 Å². The van der Waals surface area contributed by atoms with E-state index in [2.05, 4.69) is 20.8 Å². The Balaban J connectivity index is 1.32. The number of rotatable bonds is 9. The van der Waals surface area contributed by atoms with E-state index in [1.807, 2.05) is 22.9 Å². The van der Waals surface area contributed by atoms with E-state index in [0.29, 0.717) is 24.4 Å². The highest BCUT2D eigenvalue weighted by atomic mass is 79.9. The molecule has 1 aliphatic carbocycles. The molecule has 1 unspecified atom stereocenters. The third-order valence-corrected chi connectivity index (χ3v) is 8.81. The first kappa shape index (κ1) is 25.6. The maximum Gasteiger partial charge on any atom is 0.333 e. The van der Waals surface area contributed by atoms with Crippen LogP contribution in [0.3, 0.4) is 0 Å². The monoisotopic (exact) mass is 572 g/mol. The molecule has 0 radical (unpaired) electrons. The molecule has 6 nitrogen and oxygen atoms in total. The van der Waals surface area contributed by atoms with Gasteiger partial charge >= 0.3 is 5.19 Å². The van der Waals surface area contributed by atoms with Gasteiger partial charge in [-0.3, -0.25) is 9.69 Å². The van der Waals surface area contributed by atoms with Crippen LogP contribution in [0.2, 0.25) is 5.02 Å². The summed E-state index contributed by atoms with van der Waals surface area (Å²) in [6.07, 6.45) is 2.32. The summed E-state index contributed by atoms with van der Waals surface area (Å²) in [7, 11) is -4.68. The number of hydrogen-bond acceptors (Lipinski definition) is 5. The Morgan fingerprint density at radius 3 is 2.44 bits per heavy atom. The molecule has 34 heavy (non-hydrogen) atoms. The van der Waals surface area contributed by atoms with E-state index in [-0.39, 0.29) is 18.1 Å². The number of alkyl halides is 1. The SMILES string of the molecule is O=C(NS(=O)(=O)C(F)(OCC1CCN(Cc2ccc(Br)cc2Cl)CC1)C1CC1)c1ccccc1. The second-order valence-corrected chi connectivity index (χ2v) is 12.0. The topological polar surface area (TPSA) is 75.7 Å². The first-order chi connectivity index (χ1) is 16.2. The van der Waals surface area contributed by atoms with Gasteiger partial charge in [-0.15, -0.1) is 0 Å². The molecule has 10 heteroatoms. The number of carbonyl (C=O) groups is 1. The van der Waals surface area contributed by atoms with Crippen LogP contribution in [0.4, 0.5) is 4.39 Å². The van der Waals surface area contributed by atoms with Crippen molar-refractivity contribution < 1.29 is 22.3 Å². The molecular formula is C24H27BrClFN2O4S. The number of sulfonamides is 1. The van der Waals surface area contributed by atoms with Gasteiger partial charge in [0.25, 0.3) is 15.9 Å². The van der Waals surface area contributed by atoms with Crippen LogP contribution in [0.1, 0.15) is 41.6 Å². The normalized spacial score (nSPS) is 19.5. The summed E-state index contributed by atoms with van der Waals surface area (Å²) in [5, 5.41) is -2.21. The molecule has 4 rings (SSSR count). The molecule has 2 aromatic carbocycles. The van der Waals surface area contributed by atoms with E-state index in [4.69, 9.17) is 16.3 Å². The van der Waals surface area contributed by atoms with Crippen molar-refractivity contribution in [2.75, 3.05) is 19.7 Å². The van der Waals surface area contributed by atoms with Crippen LogP contribution >= 0.6 is 27.5 Å². The molecular weight excluding hydrogens is 547 g/mol. The first-order valence-electron chi connectivity index (χ1n) is 11.3. The number of nitrogens with zero attached hydrogens (tertiary/aromatic N) is 1. The number of halogens is 3. The van der Waals surface area contributed by atoms with E-state index in [1.165, 1.54) is 12.1 Å². The molecule has 1 aliphatic heterocycles. The second-order valence-electron chi connectivity index (χ2n) is 8.92. The summed E-state index contributed by atoms with van der Waals surface area (Å²) in [5.41, 5.74) is 1.18. The van der Waals surface area contributed by atoms with Crippen molar-refractivity contribution in [3.05, 3.63) is 69.2 Å². The zero-order chi connectivity index (χ0) is 24.3. The highest BCUT2D eigenvalue weighted by molar-refractivity contribution is 9.10. The summed E-state index contributed by atoms with van der Waals surface area (Å²) >= 11 is 9.73. The smallest absolute Gasteiger partial charge is 0.332 e. The van der Waals surface area contributed by atoms with Crippen molar-refractivity contribution in [2.45, 2.75) is 37.4 Å². The molecule has 0 bridgehead atoms. The Kier molecular flexibility index (Phi) is 7.99. The van der Waals surface area contributed by atoms with Gasteiger partial charge in [-0.1, -0.05) is 51.8 Å².